The van der Waals surface area contributed by atoms with E-state index < -0.39 is 0 Å². The Morgan fingerprint density at radius 3 is 2.58 bits per heavy atom. The van der Waals surface area contributed by atoms with Crippen LogP contribution in [0.1, 0.15) is 41.5 Å². The van der Waals surface area contributed by atoms with Crippen LogP contribution in [0.5, 0.6) is 0 Å². The molecule has 0 fully saturated rings. The number of fused-ring (bicyclic) bond motifs is 1. The summed E-state index contributed by atoms with van der Waals surface area (Å²) in [5.41, 5.74) is 10.7. The van der Waals surface area contributed by atoms with Crippen LogP contribution in [0, 0.1) is 0 Å². The zero-order valence-electron chi connectivity index (χ0n) is 10.9. The van der Waals surface area contributed by atoms with Crippen molar-refractivity contribution < 1.29 is 0 Å². The van der Waals surface area contributed by atoms with E-state index in [0.717, 1.165) is 4.47 Å². The standard InChI is InChI=1S/C17H18BrN/c18-14-10-8-13(9-11-14)17(19)16-7-3-5-12-4-1-2-6-15(12)16/h1-2,4,6,8-11,16-17H,3,5,7,19H2. The third-order valence-corrected chi connectivity index (χ3v) is 4.63. The van der Waals surface area contributed by atoms with Gasteiger partial charge in [-0.25, -0.2) is 0 Å². The molecular weight excluding hydrogens is 298 g/mol. The van der Waals surface area contributed by atoms with Crippen molar-refractivity contribution in [3.8, 4) is 0 Å². The van der Waals surface area contributed by atoms with Crippen LogP contribution in [0.25, 0.3) is 0 Å². The fourth-order valence-corrected chi connectivity index (χ4v) is 3.35. The van der Waals surface area contributed by atoms with Gasteiger partial charge >= 0.3 is 0 Å². The van der Waals surface area contributed by atoms with Crippen LogP contribution in [0.4, 0.5) is 0 Å². The Hall–Kier alpha value is -1.12. The van der Waals surface area contributed by atoms with Crippen LogP contribution in [0.2, 0.25) is 0 Å². The number of aryl methyl sites for hydroxylation is 1. The number of benzene rings is 2. The molecule has 0 saturated heterocycles. The van der Waals surface area contributed by atoms with Gasteiger partial charge in [-0.15, -0.1) is 0 Å². The maximum atomic E-state index is 6.52. The molecule has 0 heterocycles. The molecule has 98 valence electrons. The van der Waals surface area contributed by atoms with Crippen LogP contribution in [0.15, 0.2) is 53.0 Å². The van der Waals surface area contributed by atoms with Crippen molar-refractivity contribution in [2.75, 3.05) is 0 Å². The summed E-state index contributed by atoms with van der Waals surface area (Å²) in [7, 11) is 0. The van der Waals surface area contributed by atoms with Crippen LogP contribution in [0.3, 0.4) is 0 Å². The number of halogens is 1. The maximum Gasteiger partial charge on any atom is 0.0364 e. The van der Waals surface area contributed by atoms with E-state index >= 15 is 0 Å². The summed E-state index contributed by atoms with van der Waals surface area (Å²) in [6, 6.07) is 17.3. The average Bonchev–Trinajstić information content (AvgIpc) is 2.47. The summed E-state index contributed by atoms with van der Waals surface area (Å²) in [4.78, 5) is 0. The minimum atomic E-state index is 0.0922. The van der Waals surface area contributed by atoms with Crippen LogP contribution in [-0.4, -0.2) is 0 Å². The Morgan fingerprint density at radius 2 is 1.79 bits per heavy atom. The first-order chi connectivity index (χ1) is 9.25. The Labute approximate surface area is 123 Å². The summed E-state index contributed by atoms with van der Waals surface area (Å²) in [5, 5.41) is 0. The Bertz CT molecular complexity index is 562. The molecule has 0 aromatic heterocycles. The average molecular weight is 316 g/mol. The molecule has 0 spiro atoms. The van der Waals surface area contributed by atoms with E-state index in [4.69, 9.17) is 5.73 Å². The van der Waals surface area contributed by atoms with Crippen molar-refractivity contribution in [3.05, 3.63) is 69.7 Å². The number of rotatable bonds is 2. The van der Waals surface area contributed by atoms with E-state index in [1.807, 2.05) is 0 Å². The molecule has 2 aromatic rings. The lowest BCUT2D eigenvalue weighted by atomic mass is 9.77. The molecular formula is C17H18BrN. The summed E-state index contributed by atoms with van der Waals surface area (Å²) in [6.07, 6.45) is 3.62. The second-order valence-electron chi connectivity index (χ2n) is 5.27. The molecule has 2 unspecified atom stereocenters. The van der Waals surface area contributed by atoms with Gasteiger partial charge in [0.2, 0.25) is 0 Å². The van der Waals surface area contributed by atoms with Gasteiger partial charge in [-0.2, -0.15) is 0 Å². The fraction of sp³-hybridized carbons (Fsp3) is 0.294. The molecule has 2 atom stereocenters. The number of hydrogen-bond acceptors (Lipinski definition) is 1. The summed E-state index contributed by atoms with van der Waals surface area (Å²) >= 11 is 3.48. The van der Waals surface area contributed by atoms with Gasteiger partial charge in [0.25, 0.3) is 0 Å². The normalized spacial score (nSPS) is 19.8. The van der Waals surface area contributed by atoms with E-state index in [9.17, 15) is 0 Å². The Balaban J connectivity index is 1.92. The van der Waals surface area contributed by atoms with E-state index in [-0.39, 0.29) is 6.04 Å². The van der Waals surface area contributed by atoms with Crippen molar-refractivity contribution in [2.45, 2.75) is 31.2 Å². The molecule has 1 aliphatic rings. The van der Waals surface area contributed by atoms with E-state index in [0.29, 0.717) is 5.92 Å². The highest BCUT2D eigenvalue weighted by molar-refractivity contribution is 9.10. The highest BCUT2D eigenvalue weighted by Gasteiger charge is 2.26. The summed E-state index contributed by atoms with van der Waals surface area (Å²) < 4.78 is 1.10. The SMILES string of the molecule is NC(c1ccc(Br)cc1)C1CCCc2ccccc21. The maximum absolute atomic E-state index is 6.52. The minimum absolute atomic E-state index is 0.0922. The Kier molecular flexibility index (Phi) is 3.72. The lowest BCUT2D eigenvalue weighted by molar-refractivity contribution is 0.474. The Morgan fingerprint density at radius 1 is 1.05 bits per heavy atom. The number of nitrogens with two attached hydrogens (primary N) is 1. The van der Waals surface area contributed by atoms with Gasteiger partial charge in [0.1, 0.15) is 0 Å². The van der Waals surface area contributed by atoms with Crippen LogP contribution >= 0.6 is 15.9 Å². The lowest BCUT2D eigenvalue weighted by Crippen LogP contribution is -2.23. The van der Waals surface area contributed by atoms with Gasteiger partial charge in [0.15, 0.2) is 0 Å². The van der Waals surface area contributed by atoms with Crippen LogP contribution < -0.4 is 5.73 Å². The molecule has 3 rings (SSSR count). The molecule has 0 saturated carbocycles. The molecule has 19 heavy (non-hydrogen) atoms. The third kappa shape index (κ3) is 2.60. The zero-order chi connectivity index (χ0) is 13.2. The van der Waals surface area contributed by atoms with Crippen LogP contribution in [-0.2, 0) is 6.42 Å². The predicted molar refractivity (Wildman–Crippen MR) is 83.2 cm³/mol. The van der Waals surface area contributed by atoms with Gasteiger partial charge in [-0.3, -0.25) is 0 Å². The summed E-state index contributed by atoms with van der Waals surface area (Å²) in [5.74, 6) is 0.450. The van der Waals surface area contributed by atoms with Crippen molar-refractivity contribution in [1.29, 1.82) is 0 Å². The topological polar surface area (TPSA) is 26.0 Å². The second kappa shape index (κ2) is 5.48. The van der Waals surface area contributed by atoms with Gasteiger partial charge in [0, 0.05) is 16.4 Å². The quantitative estimate of drug-likeness (QED) is 0.863. The van der Waals surface area contributed by atoms with Gasteiger partial charge in [0.05, 0.1) is 0 Å². The molecule has 0 amide bonds. The van der Waals surface area contributed by atoms with E-state index in [2.05, 4.69) is 64.5 Å². The van der Waals surface area contributed by atoms with E-state index in [1.54, 1.807) is 0 Å². The van der Waals surface area contributed by atoms with Crippen molar-refractivity contribution in [3.63, 3.8) is 0 Å². The molecule has 2 N–H and O–H groups in total. The monoisotopic (exact) mass is 315 g/mol. The first-order valence-electron chi connectivity index (χ1n) is 6.84. The zero-order valence-corrected chi connectivity index (χ0v) is 12.4. The first-order valence-corrected chi connectivity index (χ1v) is 7.64. The minimum Gasteiger partial charge on any atom is -0.323 e. The molecule has 0 radical (unpaired) electrons. The van der Waals surface area contributed by atoms with Gasteiger partial charge < -0.3 is 5.73 Å². The number of hydrogen-bond donors (Lipinski definition) is 1. The second-order valence-corrected chi connectivity index (χ2v) is 6.19. The highest BCUT2D eigenvalue weighted by Crippen LogP contribution is 2.39. The highest BCUT2D eigenvalue weighted by atomic mass is 79.9. The van der Waals surface area contributed by atoms with Crippen molar-refractivity contribution in [1.82, 2.24) is 0 Å². The molecule has 1 aliphatic carbocycles. The predicted octanol–water partition coefficient (Wildman–Crippen LogP) is 4.57. The summed E-state index contributed by atoms with van der Waals surface area (Å²) in [6.45, 7) is 0. The van der Waals surface area contributed by atoms with Crippen molar-refractivity contribution in [2.24, 2.45) is 5.73 Å². The largest absolute Gasteiger partial charge is 0.323 e. The van der Waals surface area contributed by atoms with Crippen molar-refractivity contribution >= 4 is 15.9 Å². The third-order valence-electron chi connectivity index (χ3n) is 4.10. The van der Waals surface area contributed by atoms with Gasteiger partial charge in [-0.05, 0) is 48.1 Å². The molecule has 1 nitrogen and oxygen atoms in total. The fourth-order valence-electron chi connectivity index (χ4n) is 3.08. The van der Waals surface area contributed by atoms with Gasteiger partial charge in [-0.1, -0.05) is 52.3 Å². The molecule has 2 heteroatoms. The molecule has 0 bridgehead atoms. The van der Waals surface area contributed by atoms with E-state index in [1.165, 1.54) is 36.0 Å². The smallest absolute Gasteiger partial charge is 0.0364 e. The molecule has 0 aliphatic heterocycles. The lowest BCUT2D eigenvalue weighted by Gasteiger charge is -2.30. The molecule has 2 aromatic carbocycles. The first kappa shape index (κ1) is 12.9.